The molecule has 0 spiro atoms. The number of rotatable bonds is 4. The van der Waals surface area contributed by atoms with Gasteiger partial charge in [-0.3, -0.25) is 0 Å². The van der Waals surface area contributed by atoms with E-state index in [9.17, 15) is 0 Å². The maximum atomic E-state index is 5.14. The van der Waals surface area contributed by atoms with Crippen molar-refractivity contribution >= 4 is 12.6 Å². The molecule has 9 heavy (non-hydrogen) atoms. The highest BCUT2D eigenvalue weighted by Crippen LogP contribution is 2.10. The molecule has 0 saturated carbocycles. The zero-order valence-corrected chi connectivity index (χ0v) is 6.01. The molecule has 2 unspecified atom stereocenters. The molecular formula is C6H10O2S. The molecule has 0 aliphatic carbocycles. The van der Waals surface area contributed by atoms with Crippen LogP contribution in [-0.2, 0) is 9.47 Å². The lowest BCUT2D eigenvalue weighted by atomic mass is 10.5. The SMILES string of the molecule is C=CC(S)OCC1CO1. The molecule has 0 N–H and O–H groups in total. The fourth-order valence-electron chi connectivity index (χ4n) is 0.438. The zero-order valence-electron chi connectivity index (χ0n) is 5.12. The predicted molar refractivity (Wildman–Crippen MR) is 38.7 cm³/mol. The Morgan fingerprint density at radius 3 is 3.11 bits per heavy atom. The van der Waals surface area contributed by atoms with E-state index in [1.807, 2.05) is 0 Å². The third kappa shape index (κ3) is 2.89. The lowest BCUT2D eigenvalue weighted by Crippen LogP contribution is -2.06. The first-order valence-electron chi connectivity index (χ1n) is 2.87. The Morgan fingerprint density at radius 2 is 2.67 bits per heavy atom. The van der Waals surface area contributed by atoms with E-state index in [4.69, 9.17) is 9.47 Å². The highest BCUT2D eigenvalue weighted by atomic mass is 32.1. The van der Waals surface area contributed by atoms with Crippen LogP contribution in [-0.4, -0.2) is 24.8 Å². The van der Waals surface area contributed by atoms with E-state index in [2.05, 4.69) is 19.2 Å². The van der Waals surface area contributed by atoms with E-state index < -0.39 is 0 Å². The van der Waals surface area contributed by atoms with E-state index in [-0.39, 0.29) is 5.44 Å². The van der Waals surface area contributed by atoms with Gasteiger partial charge < -0.3 is 9.47 Å². The molecule has 0 amide bonds. The topological polar surface area (TPSA) is 21.8 Å². The van der Waals surface area contributed by atoms with Gasteiger partial charge in [-0.2, -0.15) is 0 Å². The van der Waals surface area contributed by atoms with E-state index in [0.717, 1.165) is 6.61 Å². The van der Waals surface area contributed by atoms with Crippen LogP contribution in [0, 0.1) is 0 Å². The molecule has 2 nitrogen and oxygen atoms in total. The van der Waals surface area contributed by atoms with E-state index in [0.29, 0.717) is 12.7 Å². The summed E-state index contributed by atoms with van der Waals surface area (Å²) in [4.78, 5) is 0. The van der Waals surface area contributed by atoms with Crippen molar-refractivity contribution < 1.29 is 9.47 Å². The quantitative estimate of drug-likeness (QED) is 0.275. The summed E-state index contributed by atoms with van der Waals surface area (Å²) in [5, 5.41) is 0. The van der Waals surface area contributed by atoms with Crippen molar-refractivity contribution in [1.29, 1.82) is 0 Å². The first-order valence-corrected chi connectivity index (χ1v) is 3.38. The van der Waals surface area contributed by atoms with Gasteiger partial charge in [-0.15, -0.1) is 12.6 Å². The minimum atomic E-state index is -0.144. The molecule has 52 valence electrons. The standard InChI is InChI=1S/C6H10O2S/c1-2-6(9)8-4-5-3-7-5/h2,5-6,9H,1,3-4H2. The van der Waals surface area contributed by atoms with Gasteiger partial charge >= 0.3 is 0 Å². The second-order valence-electron chi connectivity index (χ2n) is 1.91. The largest absolute Gasteiger partial charge is 0.371 e. The number of hydrogen-bond acceptors (Lipinski definition) is 3. The van der Waals surface area contributed by atoms with Gasteiger partial charge in [-0.25, -0.2) is 0 Å². The smallest absolute Gasteiger partial charge is 0.118 e. The molecule has 1 heterocycles. The van der Waals surface area contributed by atoms with Crippen LogP contribution < -0.4 is 0 Å². The lowest BCUT2D eigenvalue weighted by Gasteiger charge is -2.03. The van der Waals surface area contributed by atoms with Gasteiger partial charge in [-0.05, 0) is 0 Å². The van der Waals surface area contributed by atoms with Crippen molar-refractivity contribution in [2.24, 2.45) is 0 Å². The number of hydrogen-bond donors (Lipinski definition) is 1. The Balaban J connectivity index is 1.95. The second kappa shape index (κ2) is 3.25. The number of epoxide rings is 1. The molecule has 0 aromatic rings. The minimum Gasteiger partial charge on any atom is -0.371 e. The Hall–Kier alpha value is 0.01000. The van der Waals surface area contributed by atoms with Crippen molar-refractivity contribution in [1.82, 2.24) is 0 Å². The van der Waals surface area contributed by atoms with E-state index in [1.165, 1.54) is 0 Å². The van der Waals surface area contributed by atoms with Gasteiger partial charge in [0, 0.05) is 0 Å². The van der Waals surface area contributed by atoms with Crippen molar-refractivity contribution in [2.75, 3.05) is 13.2 Å². The summed E-state index contributed by atoms with van der Waals surface area (Å²) in [6, 6.07) is 0. The van der Waals surface area contributed by atoms with Crippen LogP contribution >= 0.6 is 12.6 Å². The maximum absolute atomic E-state index is 5.14. The molecule has 1 fully saturated rings. The van der Waals surface area contributed by atoms with Crippen molar-refractivity contribution in [3.05, 3.63) is 12.7 Å². The highest BCUT2D eigenvalue weighted by Gasteiger charge is 2.22. The first kappa shape index (κ1) is 7.12. The van der Waals surface area contributed by atoms with Gasteiger partial charge in [0.15, 0.2) is 0 Å². The van der Waals surface area contributed by atoms with Crippen molar-refractivity contribution in [3.63, 3.8) is 0 Å². The van der Waals surface area contributed by atoms with E-state index in [1.54, 1.807) is 6.08 Å². The van der Waals surface area contributed by atoms with Crippen LogP contribution in [0.4, 0.5) is 0 Å². The number of ether oxygens (including phenoxy) is 2. The monoisotopic (exact) mass is 146 g/mol. The van der Waals surface area contributed by atoms with Crippen LogP contribution in [0.1, 0.15) is 0 Å². The van der Waals surface area contributed by atoms with Crippen LogP contribution in [0.15, 0.2) is 12.7 Å². The summed E-state index contributed by atoms with van der Waals surface area (Å²) in [5.41, 5.74) is -0.144. The van der Waals surface area contributed by atoms with E-state index >= 15 is 0 Å². The number of thiol groups is 1. The summed E-state index contributed by atoms with van der Waals surface area (Å²) in [6.07, 6.45) is 1.96. The summed E-state index contributed by atoms with van der Waals surface area (Å²) in [6.45, 7) is 4.99. The molecule has 1 aliphatic heterocycles. The van der Waals surface area contributed by atoms with Crippen LogP contribution in [0.25, 0.3) is 0 Å². The molecule has 0 bridgehead atoms. The fraction of sp³-hybridized carbons (Fsp3) is 0.667. The average Bonchev–Trinajstić information content (AvgIpc) is 2.65. The van der Waals surface area contributed by atoms with Gasteiger partial charge in [-0.1, -0.05) is 12.7 Å². The van der Waals surface area contributed by atoms with Gasteiger partial charge in [0.1, 0.15) is 11.5 Å². The Bertz CT molecular complexity index is 101. The van der Waals surface area contributed by atoms with Crippen molar-refractivity contribution in [3.8, 4) is 0 Å². The molecule has 0 aromatic heterocycles. The first-order chi connectivity index (χ1) is 4.33. The summed E-state index contributed by atoms with van der Waals surface area (Å²) >= 11 is 4.04. The summed E-state index contributed by atoms with van der Waals surface area (Å²) in [5.74, 6) is 0. The third-order valence-corrected chi connectivity index (χ3v) is 1.42. The molecule has 0 aromatic carbocycles. The second-order valence-corrected chi connectivity index (χ2v) is 2.42. The highest BCUT2D eigenvalue weighted by molar-refractivity contribution is 7.80. The molecule has 2 atom stereocenters. The van der Waals surface area contributed by atoms with Gasteiger partial charge in [0.2, 0.25) is 0 Å². The van der Waals surface area contributed by atoms with Crippen molar-refractivity contribution in [2.45, 2.75) is 11.5 Å². The fourth-order valence-corrected chi connectivity index (χ4v) is 0.524. The minimum absolute atomic E-state index is 0.144. The van der Waals surface area contributed by atoms with Gasteiger partial charge in [0.25, 0.3) is 0 Å². The maximum Gasteiger partial charge on any atom is 0.118 e. The van der Waals surface area contributed by atoms with Crippen LogP contribution in [0.3, 0.4) is 0 Å². The molecular weight excluding hydrogens is 136 g/mol. The van der Waals surface area contributed by atoms with Crippen LogP contribution in [0.2, 0.25) is 0 Å². The molecule has 3 heteroatoms. The normalized spacial score (nSPS) is 27.4. The molecule has 1 aliphatic rings. The Morgan fingerprint density at radius 1 is 2.00 bits per heavy atom. The predicted octanol–water partition coefficient (Wildman–Crippen LogP) is 0.844. The third-order valence-electron chi connectivity index (χ3n) is 1.06. The molecule has 1 saturated heterocycles. The Labute approximate surface area is 60.3 Å². The van der Waals surface area contributed by atoms with Gasteiger partial charge in [0.05, 0.1) is 13.2 Å². The Kier molecular flexibility index (Phi) is 2.57. The summed E-state index contributed by atoms with van der Waals surface area (Å²) in [7, 11) is 0. The lowest BCUT2D eigenvalue weighted by molar-refractivity contribution is 0.123. The molecule has 0 radical (unpaired) electrons. The summed E-state index contributed by atoms with van der Waals surface area (Å²) < 4.78 is 10.0. The molecule has 1 rings (SSSR count). The zero-order chi connectivity index (χ0) is 6.69. The van der Waals surface area contributed by atoms with Crippen LogP contribution in [0.5, 0.6) is 0 Å². The average molecular weight is 146 g/mol.